The third-order valence-electron chi connectivity index (χ3n) is 2.59. The van der Waals surface area contributed by atoms with Gasteiger partial charge in [-0.3, -0.25) is 9.98 Å². The highest BCUT2D eigenvalue weighted by molar-refractivity contribution is 7.58. The van der Waals surface area contributed by atoms with Crippen LogP contribution in [0.1, 0.15) is 11.1 Å². The largest absolute Gasteiger partial charge is 0.259 e. The summed E-state index contributed by atoms with van der Waals surface area (Å²) in [6.07, 6.45) is 0. The number of hydrogen-bond acceptors (Lipinski definition) is 4. The molecule has 0 N–H and O–H groups in total. The van der Waals surface area contributed by atoms with Gasteiger partial charge in [0.1, 0.15) is 18.0 Å². The molecule has 1 aromatic carbocycles. The van der Waals surface area contributed by atoms with Crippen LogP contribution in [0.4, 0.5) is 11.4 Å². The molecule has 2 heterocycles. The molecule has 0 atom stereocenters. The Labute approximate surface area is 84.3 Å². The van der Waals surface area contributed by atoms with Crippen LogP contribution in [0.3, 0.4) is 0 Å². The highest BCUT2D eigenvalue weighted by Crippen LogP contribution is 2.34. The van der Waals surface area contributed by atoms with Crippen molar-refractivity contribution in [1.29, 1.82) is 0 Å². The fourth-order valence-electron chi connectivity index (χ4n) is 1.82. The van der Waals surface area contributed by atoms with Crippen LogP contribution < -0.4 is 10.7 Å². The van der Waals surface area contributed by atoms with Gasteiger partial charge in [-0.2, -0.15) is 8.73 Å². The second-order valence-electron chi connectivity index (χ2n) is 3.37. The van der Waals surface area contributed by atoms with Gasteiger partial charge in [-0.05, 0) is 13.8 Å². The lowest BCUT2D eigenvalue weighted by atomic mass is 10.1. The van der Waals surface area contributed by atoms with Gasteiger partial charge in [-0.15, -0.1) is 0 Å². The Morgan fingerprint density at radius 3 is 1.93 bits per heavy atom. The van der Waals surface area contributed by atoms with Crippen LogP contribution in [0.2, 0.25) is 0 Å². The summed E-state index contributed by atoms with van der Waals surface area (Å²) in [6, 6.07) is 0. The molecule has 1 aromatic rings. The molecule has 0 fully saturated rings. The molecule has 70 valence electrons. The van der Waals surface area contributed by atoms with E-state index in [1.54, 1.807) is 0 Å². The van der Waals surface area contributed by atoms with E-state index in [1.807, 2.05) is 13.8 Å². The summed E-state index contributed by atoms with van der Waals surface area (Å²) >= 11 is 1.25. The first-order valence-electron chi connectivity index (χ1n) is 4.39. The van der Waals surface area contributed by atoms with Gasteiger partial charge < -0.3 is 0 Å². The first-order chi connectivity index (χ1) is 6.79. The average Bonchev–Trinajstić information content (AvgIpc) is 2.82. The van der Waals surface area contributed by atoms with Gasteiger partial charge in [-0.1, -0.05) is 0 Å². The van der Waals surface area contributed by atoms with Crippen molar-refractivity contribution in [1.82, 2.24) is 0 Å². The Morgan fingerprint density at radius 1 is 0.929 bits per heavy atom. The number of rotatable bonds is 0. The van der Waals surface area contributed by atoms with Gasteiger partial charge in [-0.25, -0.2) is 0 Å². The molecular weight excluding hydrogens is 196 g/mol. The fourth-order valence-corrected chi connectivity index (χ4v) is 2.47. The van der Waals surface area contributed by atoms with E-state index in [4.69, 9.17) is 0 Å². The van der Waals surface area contributed by atoms with Crippen LogP contribution >= 0.6 is 0 Å². The number of hydrogen-bond donors (Lipinski definition) is 0. The number of benzene rings is 1. The van der Waals surface area contributed by atoms with Crippen molar-refractivity contribution in [3.63, 3.8) is 0 Å². The van der Waals surface area contributed by atoms with Crippen LogP contribution in [0, 0.1) is 13.8 Å². The topological polar surface area (TPSA) is 49.4 Å². The van der Waals surface area contributed by atoms with E-state index < -0.39 is 0 Å². The summed E-state index contributed by atoms with van der Waals surface area (Å²) in [6.45, 7) is 4.62. The maximum atomic E-state index is 4.36. The molecule has 14 heavy (non-hydrogen) atoms. The van der Waals surface area contributed by atoms with Crippen LogP contribution in [0.5, 0.6) is 0 Å². The van der Waals surface area contributed by atoms with Crippen LogP contribution in [-0.4, -0.2) is 6.67 Å². The maximum absolute atomic E-state index is 4.36. The molecule has 0 spiro atoms. The lowest BCUT2D eigenvalue weighted by Crippen LogP contribution is -2.27. The van der Waals surface area contributed by atoms with Crippen molar-refractivity contribution < 1.29 is 0 Å². The van der Waals surface area contributed by atoms with Crippen molar-refractivity contribution >= 4 is 22.7 Å². The SMILES string of the molecule is Cc1c2c(c(C)c3c1=NCN=3)N=S=N2. The maximum Gasteiger partial charge on any atom is 0.130 e. The smallest absolute Gasteiger partial charge is 0.130 e. The zero-order valence-electron chi connectivity index (χ0n) is 7.90. The number of nitrogens with zero attached hydrogens (tertiary/aromatic N) is 4. The summed E-state index contributed by atoms with van der Waals surface area (Å²) in [7, 11) is 0. The Balaban J connectivity index is 2.61. The number of fused-ring (bicyclic) bond motifs is 2. The highest BCUT2D eigenvalue weighted by atomic mass is 32.1. The minimum atomic E-state index is 0.549. The molecule has 0 aliphatic carbocycles. The molecule has 0 bridgehead atoms. The second kappa shape index (κ2) is 2.57. The van der Waals surface area contributed by atoms with Crippen molar-refractivity contribution in [2.24, 2.45) is 18.7 Å². The Morgan fingerprint density at radius 2 is 1.43 bits per heavy atom. The molecule has 0 saturated heterocycles. The highest BCUT2D eigenvalue weighted by Gasteiger charge is 2.17. The molecule has 0 amide bonds. The Bertz CT molecular complexity index is 572. The first-order valence-corrected chi connectivity index (χ1v) is 5.12. The fraction of sp³-hybridized carbons (Fsp3) is 0.333. The molecule has 0 unspecified atom stereocenters. The molecular formula is C9H8N4S. The molecule has 2 aliphatic heterocycles. The summed E-state index contributed by atoms with van der Waals surface area (Å²) in [4.78, 5) is 8.72. The van der Waals surface area contributed by atoms with Crippen molar-refractivity contribution in [2.45, 2.75) is 13.8 Å². The van der Waals surface area contributed by atoms with Crippen molar-refractivity contribution in [3.05, 3.63) is 21.8 Å². The van der Waals surface area contributed by atoms with Crippen LogP contribution in [-0.2, 0) is 11.4 Å². The lowest BCUT2D eigenvalue weighted by Gasteiger charge is -2.02. The summed E-state index contributed by atoms with van der Waals surface area (Å²) in [5.74, 6) is 0. The zero-order valence-corrected chi connectivity index (χ0v) is 8.72. The minimum absolute atomic E-state index is 0.549. The molecule has 4 nitrogen and oxygen atoms in total. The van der Waals surface area contributed by atoms with E-state index in [1.165, 1.54) is 11.4 Å². The molecule has 3 rings (SSSR count). The third kappa shape index (κ3) is 0.824. The van der Waals surface area contributed by atoms with E-state index in [-0.39, 0.29) is 0 Å². The van der Waals surface area contributed by atoms with Gasteiger partial charge in [0.2, 0.25) is 0 Å². The normalized spacial score (nSPS) is 15.6. The average molecular weight is 204 g/mol. The van der Waals surface area contributed by atoms with E-state index in [0.717, 1.165) is 33.2 Å². The van der Waals surface area contributed by atoms with Gasteiger partial charge in [0.05, 0.1) is 22.1 Å². The van der Waals surface area contributed by atoms with E-state index >= 15 is 0 Å². The van der Waals surface area contributed by atoms with E-state index in [0.29, 0.717) is 6.67 Å². The third-order valence-corrected chi connectivity index (χ3v) is 3.12. The lowest BCUT2D eigenvalue weighted by molar-refractivity contribution is 1.05. The molecule has 0 aromatic heterocycles. The summed E-state index contributed by atoms with van der Waals surface area (Å²) in [5.41, 5.74) is 4.17. The quantitative estimate of drug-likeness (QED) is 0.620. The predicted molar refractivity (Wildman–Crippen MR) is 54.6 cm³/mol. The molecule has 5 heteroatoms. The minimum Gasteiger partial charge on any atom is -0.259 e. The second-order valence-corrected chi connectivity index (χ2v) is 3.89. The van der Waals surface area contributed by atoms with Crippen molar-refractivity contribution in [2.75, 3.05) is 6.67 Å². The van der Waals surface area contributed by atoms with E-state index in [9.17, 15) is 0 Å². The Kier molecular flexibility index (Phi) is 1.47. The van der Waals surface area contributed by atoms with Gasteiger partial charge in [0.25, 0.3) is 0 Å². The van der Waals surface area contributed by atoms with Gasteiger partial charge in [0, 0.05) is 11.1 Å². The van der Waals surface area contributed by atoms with E-state index in [2.05, 4.69) is 18.7 Å². The predicted octanol–water partition coefficient (Wildman–Crippen LogP) is 1.24. The zero-order chi connectivity index (χ0) is 9.71. The monoisotopic (exact) mass is 204 g/mol. The standard InChI is InChI=1S/C9H8N4S/c1-4-6-7(11-3-10-6)5(2)9-8(4)12-14-13-9/h3H2,1-2H3. The molecule has 2 aliphatic rings. The Hall–Kier alpha value is -1.36. The summed E-state index contributed by atoms with van der Waals surface area (Å²) in [5, 5.41) is 2.00. The molecule has 0 radical (unpaired) electrons. The first kappa shape index (κ1) is 7.99. The van der Waals surface area contributed by atoms with Crippen molar-refractivity contribution in [3.8, 4) is 0 Å². The van der Waals surface area contributed by atoms with Crippen LogP contribution in [0.15, 0.2) is 18.7 Å². The summed E-state index contributed by atoms with van der Waals surface area (Å²) < 4.78 is 8.57. The van der Waals surface area contributed by atoms with Gasteiger partial charge >= 0.3 is 0 Å². The molecule has 0 saturated carbocycles. The van der Waals surface area contributed by atoms with Crippen LogP contribution in [0.25, 0.3) is 0 Å². The van der Waals surface area contributed by atoms with Gasteiger partial charge in [0.15, 0.2) is 0 Å².